The van der Waals surface area contributed by atoms with Crippen molar-refractivity contribution >= 4 is 11.9 Å². The van der Waals surface area contributed by atoms with E-state index in [9.17, 15) is 14.3 Å². The third-order valence-electron chi connectivity index (χ3n) is 8.19. The standard InChI is InChI=1S/C28H38FN5O4/c1-27(36)17-34(18-27)25(35)11-21-3-4-22(12-24(21)29)38-10-7-28(30)13-23(28)20-5-8-33(9-6-20)26-31-14-19(15-32-26)16-37-2/h3-4,12,14-15,20,23,36H,5-11,13,16-18,30H2,1-2H3/t23-,28+/m1/s1. The molecule has 0 spiro atoms. The number of benzene rings is 1. The number of piperidine rings is 1. The first kappa shape index (κ1) is 26.8. The van der Waals surface area contributed by atoms with Gasteiger partial charge in [0.1, 0.15) is 11.6 Å². The maximum absolute atomic E-state index is 14.6. The first-order valence-corrected chi connectivity index (χ1v) is 13.4. The predicted octanol–water partition coefficient (Wildman–Crippen LogP) is 2.30. The highest BCUT2D eigenvalue weighted by molar-refractivity contribution is 5.80. The lowest BCUT2D eigenvalue weighted by Gasteiger charge is -2.44. The van der Waals surface area contributed by atoms with Crippen LogP contribution in [-0.2, 0) is 22.6 Å². The number of likely N-dealkylation sites (tertiary alicyclic amines) is 1. The molecule has 3 heterocycles. The van der Waals surface area contributed by atoms with Gasteiger partial charge in [-0.3, -0.25) is 4.79 Å². The molecule has 5 rings (SSSR count). The van der Waals surface area contributed by atoms with Gasteiger partial charge in [0, 0.05) is 49.8 Å². The number of anilines is 1. The van der Waals surface area contributed by atoms with E-state index >= 15 is 0 Å². The van der Waals surface area contributed by atoms with Crippen LogP contribution in [0.2, 0.25) is 0 Å². The number of carbonyl (C=O) groups excluding carboxylic acids is 1. The summed E-state index contributed by atoms with van der Waals surface area (Å²) in [4.78, 5) is 25.0. The van der Waals surface area contributed by atoms with Gasteiger partial charge in [0.05, 0.1) is 38.3 Å². The molecule has 2 aromatic rings. The maximum Gasteiger partial charge on any atom is 0.227 e. The van der Waals surface area contributed by atoms with Gasteiger partial charge in [-0.25, -0.2) is 14.4 Å². The number of carbonyl (C=O) groups is 1. The summed E-state index contributed by atoms with van der Waals surface area (Å²) in [7, 11) is 1.66. The number of hydrogen-bond acceptors (Lipinski definition) is 8. The van der Waals surface area contributed by atoms with Crippen LogP contribution in [0.15, 0.2) is 30.6 Å². The van der Waals surface area contributed by atoms with Gasteiger partial charge >= 0.3 is 0 Å². The zero-order valence-electron chi connectivity index (χ0n) is 22.2. The third-order valence-corrected chi connectivity index (χ3v) is 8.19. The fourth-order valence-electron chi connectivity index (χ4n) is 5.88. The van der Waals surface area contributed by atoms with Crippen molar-refractivity contribution in [1.29, 1.82) is 0 Å². The normalized spacial score (nSPS) is 24.7. The number of amides is 1. The molecule has 2 atom stereocenters. The minimum Gasteiger partial charge on any atom is -0.493 e. The number of halogens is 1. The molecule has 2 aliphatic heterocycles. The Bertz CT molecular complexity index is 1130. The van der Waals surface area contributed by atoms with Crippen molar-refractivity contribution < 1.29 is 23.8 Å². The maximum atomic E-state index is 14.6. The summed E-state index contributed by atoms with van der Waals surface area (Å²) >= 11 is 0. The molecule has 0 bridgehead atoms. The van der Waals surface area contributed by atoms with Crippen LogP contribution >= 0.6 is 0 Å². The highest BCUT2D eigenvalue weighted by atomic mass is 19.1. The number of nitrogens with zero attached hydrogens (tertiary/aromatic N) is 4. The van der Waals surface area contributed by atoms with Crippen molar-refractivity contribution in [3.63, 3.8) is 0 Å². The van der Waals surface area contributed by atoms with Crippen molar-refractivity contribution in [3.8, 4) is 5.75 Å². The number of ether oxygens (including phenoxy) is 2. The first-order valence-electron chi connectivity index (χ1n) is 13.4. The summed E-state index contributed by atoms with van der Waals surface area (Å²) < 4.78 is 25.5. The van der Waals surface area contributed by atoms with Gasteiger partial charge in [0.15, 0.2) is 0 Å². The van der Waals surface area contributed by atoms with E-state index in [4.69, 9.17) is 15.2 Å². The van der Waals surface area contributed by atoms with E-state index in [0.717, 1.165) is 50.3 Å². The van der Waals surface area contributed by atoms with Crippen molar-refractivity contribution in [1.82, 2.24) is 14.9 Å². The van der Waals surface area contributed by atoms with Gasteiger partial charge < -0.3 is 30.1 Å². The molecule has 1 saturated carbocycles. The van der Waals surface area contributed by atoms with Crippen LogP contribution in [0.3, 0.4) is 0 Å². The van der Waals surface area contributed by atoms with Crippen LogP contribution in [0.5, 0.6) is 5.75 Å². The second-order valence-corrected chi connectivity index (χ2v) is 11.5. The van der Waals surface area contributed by atoms with Crippen LogP contribution in [0, 0.1) is 17.7 Å². The van der Waals surface area contributed by atoms with Gasteiger partial charge in [0.2, 0.25) is 11.9 Å². The number of β-amino-alcohol motifs (C(OH)–C–C–N with tert-alkyl or cyclic N) is 1. The molecule has 3 fully saturated rings. The molecule has 3 aliphatic rings. The lowest BCUT2D eigenvalue weighted by atomic mass is 9.89. The molecule has 3 N–H and O–H groups in total. The molecule has 38 heavy (non-hydrogen) atoms. The van der Waals surface area contributed by atoms with Crippen molar-refractivity contribution in [2.45, 2.75) is 56.8 Å². The monoisotopic (exact) mass is 527 g/mol. The topological polar surface area (TPSA) is 114 Å². The van der Waals surface area contributed by atoms with Crippen LogP contribution in [0.1, 0.15) is 43.7 Å². The number of rotatable bonds is 10. The van der Waals surface area contributed by atoms with Gasteiger partial charge in [-0.1, -0.05) is 6.07 Å². The Morgan fingerprint density at radius 3 is 2.58 bits per heavy atom. The quantitative estimate of drug-likeness (QED) is 0.484. The van der Waals surface area contributed by atoms with Crippen molar-refractivity contribution in [2.75, 3.05) is 44.8 Å². The zero-order valence-corrected chi connectivity index (χ0v) is 22.2. The molecular weight excluding hydrogens is 489 g/mol. The van der Waals surface area contributed by atoms with Crippen LogP contribution in [-0.4, -0.2) is 76.9 Å². The van der Waals surface area contributed by atoms with E-state index in [1.54, 1.807) is 26.2 Å². The lowest BCUT2D eigenvalue weighted by Crippen LogP contribution is -2.62. The Morgan fingerprint density at radius 1 is 1.24 bits per heavy atom. The summed E-state index contributed by atoms with van der Waals surface area (Å²) in [6.45, 7) is 5.03. The highest BCUT2D eigenvalue weighted by Crippen LogP contribution is 2.51. The molecule has 0 unspecified atom stereocenters. The largest absolute Gasteiger partial charge is 0.493 e. The van der Waals surface area contributed by atoms with Gasteiger partial charge in [-0.2, -0.15) is 0 Å². The molecule has 9 nitrogen and oxygen atoms in total. The van der Waals surface area contributed by atoms with E-state index in [1.807, 2.05) is 12.4 Å². The second-order valence-electron chi connectivity index (χ2n) is 11.5. The number of nitrogens with two attached hydrogens (primary N) is 1. The summed E-state index contributed by atoms with van der Waals surface area (Å²) in [5.41, 5.74) is 6.91. The minimum absolute atomic E-state index is 0.0279. The van der Waals surface area contributed by atoms with Gasteiger partial charge in [-0.15, -0.1) is 0 Å². The summed E-state index contributed by atoms with van der Waals surface area (Å²) in [5, 5.41) is 9.80. The number of hydrogen-bond donors (Lipinski definition) is 2. The van der Waals surface area contributed by atoms with Crippen LogP contribution in [0.25, 0.3) is 0 Å². The average Bonchev–Trinajstić information content (AvgIpc) is 3.56. The Morgan fingerprint density at radius 2 is 1.95 bits per heavy atom. The molecule has 0 radical (unpaired) electrons. The van der Waals surface area contributed by atoms with Crippen LogP contribution in [0.4, 0.5) is 10.3 Å². The zero-order chi connectivity index (χ0) is 26.9. The third kappa shape index (κ3) is 6.08. The lowest BCUT2D eigenvalue weighted by molar-refractivity contribution is -0.151. The molecule has 2 saturated heterocycles. The molecule has 206 valence electrons. The summed E-state index contributed by atoms with van der Waals surface area (Å²) in [6, 6.07) is 4.63. The molecule has 1 amide bonds. The Labute approximate surface area is 223 Å². The Balaban J connectivity index is 1.04. The van der Waals surface area contributed by atoms with E-state index in [0.29, 0.717) is 36.4 Å². The summed E-state index contributed by atoms with van der Waals surface area (Å²) in [5.74, 6) is 1.62. The first-order chi connectivity index (χ1) is 18.2. The molecular formula is C28H38FN5O4. The number of aromatic nitrogens is 2. The summed E-state index contributed by atoms with van der Waals surface area (Å²) in [6.07, 6.45) is 7.45. The van der Waals surface area contributed by atoms with E-state index < -0.39 is 11.4 Å². The molecule has 1 aromatic heterocycles. The Hall–Kier alpha value is -2.82. The molecule has 1 aliphatic carbocycles. The Kier molecular flexibility index (Phi) is 7.57. The average molecular weight is 528 g/mol. The van der Waals surface area contributed by atoms with E-state index in [2.05, 4.69) is 14.9 Å². The van der Waals surface area contributed by atoms with E-state index in [1.165, 1.54) is 11.0 Å². The second kappa shape index (κ2) is 10.7. The number of methoxy groups -OCH3 is 1. The highest BCUT2D eigenvalue weighted by Gasteiger charge is 2.54. The van der Waals surface area contributed by atoms with Crippen molar-refractivity contribution in [2.24, 2.45) is 17.6 Å². The van der Waals surface area contributed by atoms with Crippen molar-refractivity contribution in [3.05, 3.63) is 47.5 Å². The molecule has 10 heteroatoms. The fourth-order valence-corrected chi connectivity index (χ4v) is 5.88. The minimum atomic E-state index is -0.837. The smallest absolute Gasteiger partial charge is 0.227 e. The van der Waals surface area contributed by atoms with E-state index in [-0.39, 0.29) is 31.0 Å². The number of aliphatic hydroxyl groups is 1. The fraction of sp³-hybridized carbons (Fsp3) is 0.607. The van der Waals surface area contributed by atoms with Gasteiger partial charge in [0.25, 0.3) is 0 Å². The van der Waals surface area contributed by atoms with Crippen LogP contribution < -0.4 is 15.4 Å². The predicted molar refractivity (Wildman–Crippen MR) is 140 cm³/mol. The SMILES string of the molecule is COCc1cnc(N2CCC([C@H]3C[C@@]3(N)CCOc3ccc(CC(=O)N4CC(C)(O)C4)c(F)c3)CC2)nc1. The van der Waals surface area contributed by atoms with Gasteiger partial charge in [-0.05, 0) is 56.1 Å². The molecule has 1 aromatic carbocycles.